The molecule has 2 aromatic carbocycles. The van der Waals surface area contributed by atoms with Crippen molar-refractivity contribution >= 4 is 41.0 Å². The van der Waals surface area contributed by atoms with Gasteiger partial charge >= 0.3 is 0 Å². The number of halogens is 2. The van der Waals surface area contributed by atoms with Gasteiger partial charge in [0, 0.05) is 75.1 Å². The van der Waals surface area contributed by atoms with Gasteiger partial charge in [-0.2, -0.15) is 10.1 Å². The fourth-order valence-electron chi connectivity index (χ4n) is 9.52. The number of aliphatic imine (C=N–C) groups is 1. The number of benzene rings is 2. The summed E-state index contributed by atoms with van der Waals surface area (Å²) in [5.41, 5.74) is 4.21. The van der Waals surface area contributed by atoms with Gasteiger partial charge in [0.05, 0.1) is 41.4 Å². The number of aromatic nitrogens is 3. The Kier molecular flexibility index (Phi) is 11.7. The van der Waals surface area contributed by atoms with E-state index in [0.29, 0.717) is 91.1 Å². The molecule has 4 aliphatic heterocycles. The number of imide groups is 1. The number of pyridine rings is 1. The van der Waals surface area contributed by atoms with Crippen LogP contribution in [0.4, 0.5) is 20.2 Å². The maximum Gasteiger partial charge on any atom is 0.280 e. The number of anilines is 2. The molecule has 62 heavy (non-hydrogen) atoms. The van der Waals surface area contributed by atoms with Crippen molar-refractivity contribution < 1.29 is 32.7 Å². The third-order valence-corrected chi connectivity index (χ3v) is 12.7. The van der Waals surface area contributed by atoms with Gasteiger partial charge in [0.15, 0.2) is 0 Å². The van der Waals surface area contributed by atoms with Gasteiger partial charge in [0.1, 0.15) is 11.6 Å². The molecule has 326 valence electrons. The van der Waals surface area contributed by atoms with Gasteiger partial charge in [-0.1, -0.05) is 20.8 Å². The summed E-state index contributed by atoms with van der Waals surface area (Å²) in [4.78, 5) is 67.4. The van der Waals surface area contributed by atoms with E-state index in [2.05, 4.69) is 51.4 Å². The van der Waals surface area contributed by atoms with Crippen molar-refractivity contribution in [2.24, 2.45) is 23.4 Å². The maximum absolute atomic E-state index is 15.2. The molecule has 2 fully saturated rings. The number of rotatable bonds is 6. The number of ether oxygens (including phenoxy) is 1. The summed E-state index contributed by atoms with van der Waals surface area (Å²) in [6.07, 6.45) is 4.52. The van der Waals surface area contributed by atoms with Gasteiger partial charge in [0.2, 0.25) is 23.7 Å². The summed E-state index contributed by atoms with van der Waals surface area (Å²) >= 11 is 0. The fraction of sp³-hybridized carbons (Fsp3) is 0.457. The SMILES string of the molecule is Cc1cc2cc(n1)-c1cnn(C)c1OCCC[C@@H](C)CN1/C(=N/C2=O)Nc2ccc(C(=O)N(C)[C@@H]3CCN(CCc4cc(F)c([C@H]5CCC(=O)NC5=O)c(F)c4)CC3(C)C)cc21. The lowest BCUT2D eigenvalue weighted by Gasteiger charge is -2.48. The molecule has 4 amide bonds. The minimum atomic E-state index is -1.04. The standard InChI is InChI=1S/C46H53F2N9O5/c1-26-8-7-17-62-44-32(23-49-55(44)6)36-21-30(18-27(2)50-36)41(59)53-45-51-35-11-9-29(22-37(35)57(45)24-26)43(61)54(5)38-14-16-56(25-46(38,3)4)15-13-28-19-33(47)40(34(48)20-28)31-10-12-39(58)52-42(31)60/h9,11,18-23,26,31,38H,7-8,10,12-17,24-25H2,1-6H3,(H,51,53,59)(H,52,58,60)/t26-,31-,38-/m1/s1. The van der Waals surface area contributed by atoms with Crippen LogP contribution >= 0.6 is 0 Å². The van der Waals surface area contributed by atoms with Crippen molar-refractivity contribution in [2.75, 3.05) is 50.1 Å². The van der Waals surface area contributed by atoms with Gasteiger partial charge in [-0.3, -0.25) is 29.5 Å². The molecule has 2 N–H and O–H groups in total. The minimum Gasteiger partial charge on any atom is -0.477 e. The van der Waals surface area contributed by atoms with Crippen molar-refractivity contribution in [2.45, 2.75) is 78.2 Å². The van der Waals surface area contributed by atoms with Crippen LogP contribution in [0.2, 0.25) is 0 Å². The van der Waals surface area contributed by atoms with Crippen LogP contribution in [0.25, 0.3) is 11.3 Å². The topological polar surface area (TPSA) is 154 Å². The van der Waals surface area contributed by atoms with Crippen LogP contribution in [-0.4, -0.2) is 100 Å². The number of hydrogen-bond donors (Lipinski definition) is 2. The highest BCUT2D eigenvalue weighted by molar-refractivity contribution is 6.19. The minimum absolute atomic E-state index is 0.0341. The summed E-state index contributed by atoms with van der Waals surface area (Å²) < 4.78 is 38.3. The molecule has 0 unspecified atom stereocenters. The first-order valence-electron chi connectivity index (χ1n) is 21.3. The van der Waals surface area contributed by atoms with Gasteiger partial charge < -0.3 is 24.8 Å². The fourth-order valence-corrected chi connectivity index (χ4v) is 9.52. The van der Waals surface area contributed by atoms with E-state index in [0.717, 1.165) is 24.2 Å². The zero-order valence-electron chi connectivity index (χ0n) is 36.1. The average molecular weight is 850 g/mol. The first-order valence-corrected chi connectivity index (χ1v) is 21.3. The third-order valence-electron chi connectivity index (χ3n) is 12.7. The van der Waals surface area contributed by atoms with Gasteiger partial charge in [0.25, 0.3) is 11.8 Å². The van der Waals surface area contributed by atoms with Crippen molar-refractivity contribution in [3.05, 3.63) is 88.2 Å². The molecule has 6 heterocycles. The van der Waals surface area contributed by atoms with Gasteiger partial charge in [-0.15, -0.1) is 0 Å². The second-order valence-electron chi connectivity index (χ2n) is 17.9. The van der Waals surface area contributed by atoms with Crippen molar-refractivity contribution in [1.82, 2.24) is 29.9 Å². The number of nitrogens with one attached hydrogen (secondary N) is 2. The van der Waals surface area contributed by atoms with Crippen LogP contribution in [0.3, 0.4) is 0 Å². The highest BCUT2D eigenvalue weighted by Crippen LogP contribution is 2.38. The lowest BCUT2D eigenvalue weighted by Crippen LogP contribution is -2.56. The Morgan fingerprint density at radius 2 is 1.81 bits per heavy atom. The number of carbonyl (C=O) groups is 4. The molecule has 0 saturated carbocycles. The first-order chi connectivity index (χ1) is 29.6. The van der Waals surface area contributed by atoms with Crippen molar-refractivity contribution in [1.29, 1.82) is 0 Å². The van der Waals surface area contributed by atoms with Crippen molar-refractivity contribution in [3.63, 3.8) is 0 Å². The highest BCUT2D eigenvalue weighted by Gasteiger charge is 2.40. The Morgan fingerprint density at radius 1 is 1.03 bits per heavy atom. The predicted octanol–water partition coefficient (Wildman–Crippen LogP) is 6.24. The summed E-state index contributed by atoms with van der Waals surface area (Å²) in [5.74, 6) is -3.12. The number of nitrogens with zero attached hydrogens (tertiary/aromatic N) is 7. The van der Waals surface area contributed by atoms with Crippen LogP contribution in [0.5, 0.6) is 5.88 Å². The molecule has 16 heteroatoms. The molecule has 0 spiro atoms. The molecule has 0 radical (unpaired) electrons. The van der Waals surface area contributed by atoms with Crippen LogP contribution in [0.1, 0.15) is 96.3 Å². The molecule has 2 aromatic heterocycles. The number of guanidine groups is 1. The molecule has 4 aromatic rings. The zero-order valence-corrected chi connectivity index (χ0v) is 36.1. The zero-order chi connectivity index (χ0) is 44.0. The summed E-state index contributed by atoms with van der Waals surface area (Å²) in [5, 5.41) is 9.91. The number of piperidine rings is 2. The van der Waals surface area contributed by atoms with E-state index in [1.54, 1.807) is 29.1 Å². The molecular formula is C46H53F2N9O5. The summed E-state index contributed by atoms with van der Waals surface area (Å²) in [6.45, 7) is 11.2. The normalized spacial score (nSPS) is 22.5. The molecule has 14 nitrogen and oxygen atoms in total. The highest BCUT2D eigenvalue weighted by atomic mass is 19.1. The van der Waals surface area contributed by atoms with E-state index in [1.807, 2.05) is 43.0 Å². The predicted molar refractivity (Wildman–Crippen MR) is 230 cm³/mol. The Hall–Kier alpha value is -6.03. The molecular weight excluding hydrogens is 797 g/mol. The van der Waals surface area contributed by atoms with Crippen molar-refractivity contribution in [3.8, 4) is 17.1 Å². The van der Waals surface area contributed by atoms with E-state index >= 15 is 8.78 Å². The number of amides is 4. The molecule has 0 aliphatic carbocycles. The molecule has 2 bridgehead atoms. The Bertz CT molecular complexity index is 2460. The largest absolute Gasteiger partial charge is 0.477 e. The van der Waals surface area contributed by atoms with E-state index in [1.165, 1.54) is 12.1 Å². The maximum atomic E-state index is 15.2. The smallest absolute Gasteiger partial charge is 0.280 e. The number of carbonyl (C=O) groups excluding carboxylic acids is 4. The molecule has 4 aliphatic rings. The van der Waals surface area contributed by atoms with E-state index < -0.39 is 35.3 Å². The number of hydrogen-bond acceptors (Lipinski definition) is 10. The first kappa shape index (κ1) is 42.7. The van der Waals surface area contributed by atoms with Gasteiger partial charge in [-0.05, 0) is 98.4 Å². The van der Waals surface area contributed by atoms with Crippen LogP contribution < -0.4 is 20.3 Å². The monoisotopic (exact) mass is 849 g/mol. The Labute approximate surface area is 359 Å². The van der Waals surface area contributed by atoms with E-state index in [-0.39, 0.29) is 41.7 Å². The number of likely N-dealkylation sites (tertiary alicyclic amines) is 1. The summed E-state index contributed by atoms with van der Waals surface area (Å²) in [6, 6.07) is 11.5. The molecule has 3 atom stereocenters. The van der Waals surface area contributed by atoms with Crippen LogP contribution in [-0.2, 0) is 23.1 Å². The molecule has 8 rings (SSSR count). The Morgan fingerprint density at radius 3 is 2.55 bits per heavy atom. The van der Waals surface area contributed by atoms with E-state index in [9.17, 15) is 19.2 Å². The number of fused-ring (bicyclic) bond motifs is 7. The van der Waals surface area contributed by atoms with Crippen LogP contribution in [0.15, 0.2) is 53.7 Å². The molecule has 2 saturated heterocycles. The van der Waals surface area contributed by atoms with E-state index in [4.69, 9.17) is 4.74 Å². The quantitative estimate of drug-likeness (QED) is 0.213. The Balaban J connectivity index is 0.960. The summed E-state index contributed by atoms with van der Waals surface area (Å²) in [7, 11) is 3.65. The lowest BCUT2D eigenvalue weighted by atomic mass is 9.78. The van der Waals surface area contributed by atoms with Crippen LogP contribution in [0, 0.1) is 29.9 Å². The lowest BCUT2D eigenvalue weighted by molar-refractivity contribution is -0.134. The average Bonchev–Trinajstić information content (AvgIpc) is 3.75. The number of aryl methyl sites for hydroxylation is 2. The second kappa shape index (κ2) is 17.0. The van der Waals surface area contributed by atoms with Gasteiger partial charge in [-0.25, -0.2) is 13.5 Å². The third kappa shape index (κ3) is 8.56. The second-order valence-corrected chi connectivity index (χ2v) is 17.9.